The van der Waals surface area contributed by atoms with Crippen LogP contribution in [-0.4, -0.2) is 27.1 Å². The molecule has 4 heteroatoms. The Morgan fingerprint density at radius 2 is 2.06 bits per heavy atom. The zero-order valence-electron chi connectivity index (χ0n) is 11.4. The highest BCUT2D eigenvalue weighted by Crippen LogP contribution is 2.40. The van der Waals surface area contributed by atoms with Gasteiger partial charge in [0.1, 0.15) is 6.10 Å². The molecule has 0 amide bonds. The number of hydrogen-bond acceptors (Lipinski definition) is 3. The molecule has 0 spiro atoms. The zero-order valence-corrected chi connectivity index (χ0v) is 11.4. The molecule has 0 aliphatic heterocycles. The third-order valence-corrected chi connectivity index (χ3v) is 3.89. The van der Waals surface area contributed by atoms with E-state index in [2.05, 4.69) is 5.10 Å². The highest BCUT2D eigenvalue weighted by atomic mass is 16.5. The van der Waals surface area contributed by atoms with Crippen molar-refractivity contribution in [2.24, 2.45) is 7.05 Å². The topological polar surface area (TPSA) is 47.3 Å². The van der Waals surface area contributed by atoms with Crippen LogP contribution in [0.3, 0.4) is 0 Å². The van der Waals surface area contributed by atoms with Gasteiger partial charge in [-0.3, -0.25) is 4.68 Å². The van der Waals surface area contributed by atoms with Crippen molar-refractivity contribution in [2.75, 3.05) is 6.61 Å². The second-order valence-electron chi connectivity index (χ2n) is 5.23. The minimum absolute atomic E-state index is 0.431. The lowest BCUT2D eigenvalue weighted by Gasteiger charge is -2.36. The van der Waals surface area contributed by atoms with Crippen LogP contribution in [0.1, 0.15) is 57.2 Å². The molecular formula is C14H24N2O2. The van der Waals surface area contributed by atoms with Gasteiger partial charge in [0, 0.05) is 19.9 Å². The Morgan fingerprint density at radius 1 is 1.39 bits per heavy atom. The molecule has 1 N–H and O–H groups in total. The molecule has 1 aromatic rings. The molecule has 0 aromatic carbocycles. The summed E-state index contributed by atoms with van der Waals surface area (Å²) in [5.74, 6) is 0. The average Bonchev–Trinajstić information content (AvgIpc) is 2.64. The summed E-state index contributed by atoms with van der Waals surface area (Å²) in [6, 6.07) is 1.89. The first-order valence-electron chi connectivity index (χ1n) is 6.99. The summed E-state index contributed by atoms with van der Waals surface area (Å²) in [5.41, 5.74) is 0.299. The molecule has 1 unspecified atom stereocenters. The standard InChI is InChI=1S/C14H24N2O2/c1-3-18-14(9-6-4-5-7-10-14)13(17)12-8-11-16(2)15-12/h8,11,13,17H,3-7,9-10H2,1-2H3. The Balaban J connectivity index is 2.22. The molecule has 4 nitrogen and oxygen atoms in total. The van der Waals surface area contributed by atoms with E-state index in [1.54, 1.807) is 4.68 Å². The van der Waals surface area contributed by atoms with Crippen LogP contribution < -0.4 is 0 Å². The first-order chi connectivity index (χ1) is 8.68. The maximum Gasteiger partial charge on any atom is 0.127 e. The van der Waals surface area contributed by atoms with Crippen molar-refractivity contribution in [2.45, 2.75) is 57.2 Å². The number of ether oxygens (including phenoxy) is 1. The Hall–Kier alpha value is -0.870. The van der Waals surface area contributed by atoms with Crippen molar-refractivity contribution in [3.05, 3.63) is 18.0 Å². The number of rotatable bonds is 4. The maximum atomic E-state index is 10.7. The number of hydrogen-bond donors (Lipinski definition) is 1. The number of nitrogens with zero attached hydrogens (tertiary/aromatic N) is 2. The van der Waals surface area contributed by atoms with Crippen molar-refractivity contribution < 1.29 is 9.84 Å². The van der Waals surface area contributed by atoms with Gasteiger partial charge in [-0.2, -0.15) is 5.10 Å². The van der Waals surface area contributed by atoms with Crippen LogP contribution in [-0.2, 0) is 11.8 Å². The van der Waals surface area contributed by atoms with Gasteiger partial charge >= 0.3 is 0 Å². The summed E-state index contributed by atoms with van der Waals surface area (Å²) in [4.78, 5) is 0. The van der Waals surface area contributed by atoms with Gasteiger partial charge in [-0.25, -0.2) is 0 Å². The summed E-state index contributed by atoms with van der Waals surface area (Å²) in [6.07, 6.45) is 7.85. The first kappa shape index (κ1) is 13.6. The van der Waals surface area contributed by atoms with Gasteiger partial charge in [-0.05, 0) is 25.8 Å². The molecule has 1 aromatic heterocycles. The fourth-order valence-electron chi connectivity index (χ4n) is 2.96. The van der Waals surface area contributed by atoms with Crippen LogP contribution in [0.5, 0.6) is 0 Å². The molecule has 1 aliphatic rings. The molecule has 102 valence electrons. The number of aliphatic hydroxyl groups is 1. The number of aromatic nitrogens is 2. The van der Waals surface area contributed by atoms with Crippen molar-refractivity contribution in [3.63, 3.8) is 0 Å². The molecule has 1 fully saturated rings. The first-order valence-corrected chi connectivity index (χ1v) is 6.99. The third-order valence-electron chi connectivity index (χ3n) is 3.89. The predicted octanol–water partition coefficient (Wildman–Crippen LogP) is 2.58. The lowest BCUT2D eigenvalue weighted by atomic mass is 9.86. The van der Waals surface area contributed by atoms with Crippen LogP contribution in [0.2, 0.25) is 0 Å². The SMILES string of the molecule is CCOC1(C(O)c2ccn(C)n2)CCCCCC1. The second kappa shape index (κ2) is 5.85. The van der Waals surface area contributed by atoms with E-state index in [-0.39, 0.29) is 0 Å². The predicted molar refractivity (Wildman–Crippen MR) is 70.2 cm³/mol. The van der Waals surface area contributed by atoms with E-state index in [1.807, 2.05) is 26.2 Å². The smallest absolute Gasteiger partial charge is 0.127 e. The number of aryl methyl sites for hydroxylation is 1. The van der Waals surface area contributed by atoms with Crippen LogP contribution in [0, 0.1) is 0 Å². The average molecular weight is 252 g/mol. The molecule has 1 aliphatic carbocycles. The van der Waals surface area contributed by atoms with Gasteiger partial charge in [-0.15, -0.1) is 0 Å². The molecule has 0 saturated heterocycles. The lowest BCUT2D eigenvalue weighted by Crippen LogP contribution is -2.39. The number of aliphatic hydroxyl groups excluding tert-OH is 1. The van der Waals surface area contributed by atoms with E-state index in [0.29, 0.717) is 6.61 Å². The van der Waals surface area contributed by atoms with E-state index in [9.17, 15) is 5.11 Å². The molecule has 1 atom stereocenters. The van der Waals surface area contributed by atoms with Gasteiger partial charge in [0.15, 0.2) is 0 Å². The summed E-state index contributed by atoms with van der Waals surface area (Å²) in [5, 5.41) is 15.0. The molecular weight excluding hydrogens is 228 g/mol. The van der Waals surface area contributed by atoms with Crippen LogP contribution in [0.15, 0.2) is 12.3 Å². The minimum atomic E-state index is -0.614. The summed E-state index contributed by atoms with van der Waals surface area (Å²) >= 11 is 0. The van der Waals surface area contributed by atoms with Crippen molar-refractivity contribution >= 4 is 0 Å². The third kappa shape index (κ3) is 2.75. The molecule has 0 bridgehead atoms. The van der Waals surface area contributed by atoms with Crippen LogP contribution >= 0.6 is 0 Å². The quantitative estimate of drug-likeness (QED) is 0.838. The second-order valence-corrected chi connectivity index (χ2v) is 5.23. The molecule has 1 saturated carbocycles. The van der Waals surface area contributed by atoms with Gasteiger partial charge in [0.05, 0.1) is 11.3 Å². The fourth-order valence-corrected chi connectivity index (χ4v) is 2.96. The maximum absolute atomic E-state index is 10.7. The minimum Gasteiger partial charge on any atom is -0.384 e. The van der Waals surface area contributed by atoms with Crippen molar-refractivity contribution in [3.8, 4) is 0 Å². The van der Waals surface area contributed by atoms with E-state index in [1.165, 1.54) is 12.8 Å². The Labute approximate surface area is 109 Å². The van der Waals surface area contributed by atoms with E-state index >= 15 is 0 Å². The summed E-state index contributed by atoms with van der Waals surface area (Å²) < 4.78 is 7.71. The van der Waals surface area contributed by atoms with Gasteiger partial charge in [0.2, 0.25) is 0 Å². The molecule has 18 heavy (non-hydrogen) atoms. The van der Waals surface area contributed by atoms with Crippen molar-refractivity contribution in [1.29, 1.82) is 0 Å². The van der Waals surface area contributed by atoms with E-state index in [4.69, 9.17) is 4.74 Å². The highest BCUT2D eigenvalue weighted by Gasteiger charge is 2.40. The summed E-state index contributed by atoms with van der Waals surface area (Å²) in [6.45, 7) is 2.64. The van der Waals surface area contributed by atoms with E-state index in [0.717, 1.165) is 31.4 Å². The van der Waals surface area contributed by atoms with Gasteiger partial charge in [-0.1, -0.05) is 25.7 Å². The lowest BCUT2D eigenvalue weighted by molar-refractivity contribution is -0.132. The van der Waals surface area contributed by atoms with Gasteiger partial charge < -0.3 is 9.84 Å². The van der Waals surface area contributed by atoms with E-state index < -0.39 is 11.7 Å². The Morgan fingerprint density at radius 3 is 2.56 bits per heavy atom. The Bertz CT molecular complexity index is 368. The fraction of sp³-hybridized carbons (Fsp3) is 0.786. The van der Waals surface area contributed by atoms with Crippen LogP contribution in [0.4, 0.5) is 0 Å². The Kier molecular flexibility index (Phi) is 4.40. The summed E-state index contributed by atoms with van der Waals surface area (Å²) in [7, 11) is 1.87. The van der Waals surface area contributed by atoms with Crippen LogP contribution in [0.25, 0.3) is 0 Å². The molecule has 2 rings (SSSR count). The largest absolute Gasteiger partial charge is 0.384 e. The highest BCUT2D eigenvalue weighted by molar-refractivity contribution is 5.09. The monoisotopic (exact) mass is 252 g/mol. The molecule has 0 radical (unpaired) electrons. The molecule has 1 heterocycles. The zero-order chi connectivity index (χ0) is 13.0. The van der Waals surface area contributed by atoms with Gasteiger partial charge in [0.25, 0.3) is 0 Å². The normalized spacial score (nSPS) is 21.5. The van der Waals surface area contributed by atoms with Crippen molar-refractivity contribution in [1.82, 2.24) is 9.78 Å².